The summed E-state index contributed by atoms with van der Waals surface area (Å²) in [5, 5.41) is 20.5. The zero-order valence-electron chi connectivity index (χ0n) is 15.9. The number of aliphatic hydroxyl groups excluding tert-OH is 1. The average Bonchev–Trinajstić information content (AvgIpc) is 2.94. The van der Waals surface area contributed by atoms with Crippen molar-refractivity contribution in [3.8, 4) is 5.75 Å². The van der Waals surface area contributed by atoms with Crippen molar-refractivity contribution in [2.45, 2.75) is 19.4 Å². The van der Waals surface area contributed by atoms with Crippen LogP contribution in [0.25, 0.3) is 5.76 Å². The molecule has 28 heavy (non-hydrogen) atoms. The van der Waals surface area contributed by atoms with Crippen LogP contribution in [-0.4, -0.2) is 47.1 Å². The molecule has 0 radical (unpaired) electrons. The van der Waals surface area contributed by atoms with Crippen molar-refractivity contribution in [2.24, 2.45) is 0 Å². The van der Waals surface area contributed by atoms with Gasteiger partial charge in [0.05, 0.1) is 11.6 Å². The molecule has 6 nitrogen and oxygen atoms in total. The van der Waals surface area contributed by atoms with Gasteiger partial charge in [0.25, 0.3) is 11.7 Å². The Morgan fingerprint density at radius 3 is 2.32 bits per heavy atom. The van der Waals surface area contributed by atoms with E-state index in [9.17, 15) is 19.8 Å². The van der Waals surface area contributed by atoms with Gasteiger partial charge in [-0.2, -0.15) is 0 Å². The summed E-state index contributed by atoms with van der Waals surface area (Å²) >= 11 is 0. The number of phenolic OH excluding ortho intramolecular Hbond substituents is 1. The summed E-state index contributed by atoms with van der Waals surface area (Å²) in [4.78, 5) is 26.9. The average molecular weight is 381 g/mol. The number of hydrogen-bond acceptors (Lipinski definition) is 5. The summed E-state index contributed by atoms with van der Waals surface area (Å²) in [5.74, 6) is -1.49. The van der Waals surface area contributed by atoms with E-state index in [4.69, 9.17) is 4.74 Å². The first kappa shape index (κ1) is 19.6. The molecule has 0 aromatic heterocycles. The highest BCUT2D eigenvalue weighted by molar-refractivity contribution is 6.46. The second kappa shape index (κ2) is 8.27. The van der Waals surface area contributed by atoms with Gasteiger partial charge in [-0.25, -0.2) is 0 Å². The molecule has 1 atom stereocenters. The molecule has 3 rings (SSSR count). The third kappa shape index (κ3) is 3.77. The molecule has 6 heteroatoms. The van der Waals surface area contributed by atoms with Gasteiger partial charge in [-0.05, 0) is 31.0 Å². The number of aromatic hydroxyl groups is 1. The Balaban J connectivity index is 2.10. The highest BCUT2D eigenvalue weighted by Gasteiger charge is 2.45. The zero-order valence-corrected chi connectivity index (χ0v) is 15.9. The largest absolute Gasteiger partial charge is 0.508 e. The number of ether oxygens (including phenoxy) is 1. The van der Waals surface area contributed by atoms with Crippen LogP contribution in [-0.2, 0) is 14.3 Å². The first-order valence-corrected chi connectivity index (χ1v) is 9.07. The van der Waals surface area contributed by atoms with Crippen molar-refractivity contribution in [3.05, 3.63) is 70.8 Å². The Morgan fingerprint density at radius 2 is 1.71 bits per heavy atom. The molecule has 0 aliphatic carbocycles. The molecule has 1 aliphatic heterocycles. The number of benzene rings is 2. The van der Waals surface area contributed by atoms with Crippen molar-refractivity contribution < 1.29 is 24.5 Å². The minimum Gasteiger partial charge on any atom is -0.508 e. The number of ketones is 1. The second-order valence-electron chi connectivity index (χ2n) is 6.80. The Labute approximate surface area is 163 Å². The number of likely N-dealkylation sites (tertiary alicyclic amines) is 1. The minimum absolute atomic E-state index is 0.0527. The fourth-order valence-corrected chi connectivity index (χ4v) is 3.36. The standard InChI is InChI=1S/C22H23NO5/c1-14-4-6-16(7-5-14)20(25)18-19(15-8-10-17(24)11-9-15)23(12-3-13-28-2)22(27)21(18)26/h4-11,19,24-25H,3,12-13H2,1-2H3. The van der Waals surface area contributed by atoms with Gasteiger partial charge in [-0.15, -0.1) is 0 Å². The van der Waals surface area contributed by atoms with Gasteiger partial charge in [0.2, 0.25) is 0 Å². The number of methoxy groups -OCH3 is 1. The number of carbonyl (C=O) groups is 2. The van der Waals surface area contributed by atoms with Crippen LogP contribution in [0, 0.1) is 6.92 Å². The third-order valence-corrected chi connectivity index (χ3v) is 4.82. The van der Waals surface area contributed by atoms with Crippen LogP contribution >= 0.6 is 0 Å². The lowest BCUT2D eigenvalue weighted by Crippen LogP contribution is -2.31. The molecule has 0 bridgehead atoms. The number of carbonyl (C=O) groups excluding carboxylic acids is 2. The molecule has 1 aliphatic rings. The molecule has 1 heterocycles. The molecule has 2 aromatic rings. The lowest BCUT2D eigenvalue weighted by Gasteiger charge is -2.25. The Hall–Kier alpha value is -3.12. The van der Waals surface area contributed by atoms with Gasteiger partial charge >= 0.3 is 0 Å². The monoisotopic (exact) mass is 381 g/mol. The van der Waals surface area contributed by atoms with Crippen molar-refractivity contribution in [1.29, 1.82) is 0 Å². The van der Waals surface area contributed by atoms with Gasteiger partial charge in [0.15, 0.2) is 0 Å². The van der Waals surface area contributed by atoms with Crippen LogP contribution in [0.15, 0.2) is 54.1 Å². The number of Topliss-reactive ketones (excluding diaryl/α,β-unsaturated/α-hetero) is 1. The zero-order chi connectivity index (χ0) is 20.3. The Morgan fingerprint density at radius 1 is 1.07 bits per heavy atom. The van der Waals surface area contributed by atoms with Gasteiger partial charge in [-0.3, -0.25) is 9.59 Å². The van der Waals surface area contributed by atoms with Crippen molar-refractivity contribution in [1.82, 2.24) is 4.90 Å². The van der Waals surface area contributed by atoms with E-state index in [0.717, 1.165) is 5.56 Å². The summed E-state index contributed by atoms with van der Waals surface area (Å²) in [7, 11) is 1.57. The first-order chi connectivity index (χ1) is 13.4. The van der Waals surface area contributed by atoms with E-state index in [1.54, 1.807) is 31.4 Å². The predicted octanol–water partition coefficient (Wildman–Crippen LogP) is 3.16. The summed E-state index contributed by atoms with van der Waals surface area (Å²) in [6.45, 7) is 2.69. The summed E-state index contributed by atoms with van der Waals surface area (Å²) in [5.41, 5.74) is 2.19. The molecule has 1 unspecified atom stereocenters. The van der Waals surface area contributed by atoms with Crippen LogP contribution in [0.2, 0.25) is 0 Å². The van der Waals surface area contributed by atoms with E-state index >= 15 is 0 Å². The van der Waals surface area contributed by atoms with Gasteiger partial charge in [0, 0.05) is 25.8 Å². The number of aliphatic hydroxyl groups is 1. The van der Waals surface area contributed by atoms with Crippen LogP contribution in [0.5, 0.6) is 5.75 Å². The van der Waals surface area contributed by atoms with E-state index in [1.807, 2.05) is 19.1 Å². The molecule has 146 valence electrons. The van der Waals surface area contributed by atoms with Gasteiger partial charge in [0.1, 0.15) is 11.5 Å². The maximum Gasteiger partial charge on any atom is 0.295 e. The van der Waals surface area contributed by atoms with Crippen molar-refractivity contribution in [2.75, 3.05) is 20.3 Å². The molecule has 1 fully saturated rings. The van der Waals surface area contributed by atoms with Crippen LogP contribution in [0.3, 0.4) is 0 Å². The summed E-state index contributed by atoms with van der Waals surface area (Å²) in [6, 6.07) is 12.7. The maximum absolute atomic E-state index is 12.8. The number of nitrogens with zero attached hydrogens (tertiary/aromatic N) is 1. The van der Waals surface area contributed by atoms with Crippen molar-refractivity contribution in [3.63, 3.8) is 0 Å². The van der Waals surface area contributed by atoms with E-state index in [-0.39, 0.29) is 17.1 Å². The summed E-state index contributed by atoms with van der Waals surface area (Å²) in [6.07, 6.45) is 0.558. The highest BCUT2D eigenvalue weighted by Crippen LogP contribution is 2.39. The molecule has 0 spiro atoms. The third-order valence-electron chi connectivity index (χ3n) is 4.82. The van der Waals surface area contributed by atoms with Gasteiger partial charge < -0.3 is 19.8 Å². The molecular weight excluding hydrogens is 358 g/mol. The van der Waals surface area contributed by atoms with Crippen LogP contribution < -0.4 is 0 Å². The molecule has 2 aromatic carbocycles. The number of phenols is 1. The molecule has 1 saturated heterocycles. The molecule has 1 amide bonds. The van der Waals surface area contributed by atoms with Crippen LogP contribution in [0.4, 0.5) is 0 Å². The second-order valence-corrected chi connectivity index (χ2v) is 6.80. The topological polar surface area (TPSA) is 87.1 Å². The number of hydrogen-bond donors (Lipinski definition) is 2. The lowest BCUT2D eigenvalue weighted by molar-refractivity contribution is -0.140. The van der Waals surface area contributed by atoms with E-state index in [0.29, 0.717) is 30.7 Å². The van der Waals surface area contributed by atoms with E-state index in [1.165, 1.54) is 17.0 Å². The van der Waals surface area contributed by atoms with Gasteiger partial charge in [-0.1, -0.05) is 42.0 Å². The van der Waals surface area contributed by atoms with E-state index in [2.05, 4.69) is 0 Å². The Bertz CT molecular complexity index is 900. The number of amides is 1. The molecular formula is C22H23NO5. The molecule has 2 N–H and O–H groups in total. The highest BCUT2D eigenvalue weighted by atomic mass is 16.5. The first-order valence-electron chi connectivity index (χ1n) is 9.07. The fourth-order valence-electron chi connectivity index (χ4n) is 3.36. The number of rotatable bonds is 6. The SMILES string of the molecule is COCCCN1C(=O)C(=O)C(=C(O)c2ccc(C)cc2)C1c1ccc(O)cc1. The predicted molar refractivity (Wildman–Crippen MR) is 105 cm³/mol. The normalized spacial score (nSPS) is 18.6. The van der Waals surface area contributed by atoms with Crippen molar-refractivity contribution >= 4 is 17.4 Å². The molecule has 0 saturated carbocycles. The number of aryl methyl sites for hydroxylation is 1. The summed E-state index contributed by atoms with van der Waals surface area (Å²) < 4.78 is 5.06. The smallest absolute Gasteiger partial charge is 0.295 e. The fraction of sp³-hybridized carbons (Fsp3) is 0.273. The van der Waals surface area contributed by atoms with E-state index < -0.39 is 17.7 Å². The quantitative estimate of drug-likeness (QED) is 0.347. The lowest BCUT2D eigenvalue weighted by atomic mass is 9.95. The van der Waals surface area contributed by atoms with Crippen LogP contribution in [0.1, 0.15) is 29.2 Å². The maximum atomic E-state index is 12.8. The minimum atomic E-state index is -0.723. The Kier molecular flexibility index (Phi) is 5.80.